The number of carbonyl (C=O) groups is 4. The Hall–Kier alpha value is -3.62. The summed E-state index contributed by atoms with van der Waals surface area (Å²) in [4.78, 5) is 49.7. The van der Waals surface area contributed by atoms with Crippen molar-refractivity contribution in [2.24, 2.45) is 5.92 Å². The van der Waals surface area contributed by atoms with E-state index < -0.39 is 24.3 Å². The summed E-state index contributed by atoms with van der Waals surface area (Å²) in [5, 5.41) is 2.62. The number of esters is 1. The van der Waals surface area contributed by atoms with E-state index in [1.165, 1.54) is 23.3 Å². The van der Waals surface area contributed by atoms with Gasteiger partial charge in [-0.2, -0.15) is 0 Å². The summed E-state index contributed by atoms with van der Waals surface area (Å²) in [6.45, 7) is -0.0174. The third kappa shape index (κ3) is 4.13. The Morgan fingerprint density at radius 1 is 1.24 bits per heavy atom. The molecule has 0 radical (unpaired) electrons. The molecule has 1 atom stereocenters. The molecule has 0 saturated carbocycles. The number of rotatable bonds is 6. The fourth-order valence-electron chi connectivity index (χ4n) is 3.27. The van der Waals surface area contributed by atoms with Crippen LogP contribution in [0.2, 0.25) is 0 Å². The van der Waals surface area contributed by atoms with Crippen LogP contribution < -0.4 is 10.1 Å². The van der Waals surface area contributed by atoms with Crippen molar-refractivity contribution in [2.45, 2.75) is 13.0 Å². The standard InChI is InChI=1S/C20H18N2O7/c23-16(12-3-4-17-15(6-12)21-18(24)11-28-17)10-29-20(26)13-7-19(25)22(8-13)9-14-2-1-5-27-14/h1-6,13H,7-11H2,(H,21,24). The van der Waals surface area contributed by atoms with Gasteiger partial charge in [0, 0.05) is 18.5 Å². The number of likely N-dealkylation sites (tertiary alicyclic amines) is 1. The van der Waals surface area contributed by atoms with Gasteiger partial charge in [0.2, 0.25) is 5.91 Å². The summed E-state index contributed by atoms with van der Waals surface area (Å²) in [6, 6.07) is 8.07. The first kappa shape index (κ1) is 18.7. The number of Topliss-reactive ketones (excluding diaryl/α,β-unsaturated/α-hetero) is 1. The van der Waals surface area contributed by atoms with Crippen molar-refractivity contribution < 1.29 is 33.1 Å². The second-order valence-corrected chi connectivity index (χ2v) is 6.83. The van der Waals surface area contributed by atoms with Gasteiger partial charge in [0.1, 0.15) is 11.5 Å². The number of amides is 2. The lowest BCUT2D eigenvalue weighted by atomic mass is 10.1. The first-order valence-corrected chi connectivity index (χ1v) is 9.06. The fourth-order valence-corrected chi connectivity index (χ4v) is 3.27. The second kappa shape index (κ2) is 7.78. The van der Waals surface area contributed by atoms with E-state index in [4.69, 9.17) is 13.9 Å². The van der Waals surface area contributed by atoms with Gasteiger partial charge in [-0.05, 0) is 30.3 Å². The number of ketones is 1. The van der Waals surface area contributed by atoms with Crippen LogP contribution in [0.1, 0.15) is 22.5 Å². The molecular formula is C20H18N2O7. The van der Waals surface area contributed by atoms with Crippen LogP contribution in [-0.2, 0) is 25.7 Å². The number of hydrogen-bond acceptors (Lipinski definition) is 7. The number of benzene rings is 1. The minimum atomic E-state index is -0.624. The molecule has 29 heavy (non-hydrogen) atoms. The highest BCUT2D eigenvalue weighted by molar-refractivity contribution is 6.02. The molecule has 150 valence electrons. The second-order valence-electron chi connectivity index (χ2n) is 6.83. The summed E-state index contributed by atoms with van der Waals surface area (Å²) in [7, 11) is 0. The number of anilines is 1. The van der Waals surface area contributed by atoms with Gasteiger partial charge in [0.15, 0.2) is 19.0 Å². The molecule has 1 fully saturated rings. The lowest BCUT2D eigenvalue weighted by Gasteiger charge is -2.18. The van der Waals surface area contributed by atoms with E-state index in [9.17, 15) is 19.2 Å². The Kier molecular flexibility index (Phi) is 5.03. The summed E-state index contributed by atoms with van der Waals surface area (Å²) < 4.78 is 15.6. The molecule has 1 saturated heterocycles. The number of carbonyl (C=O) groups excluding carboxylic acids is 4. The van der Waals surface area contributed by atoms with E-state index in [1.807, 2.05) is 0 Å². The van der Waals surface area contributed by atoms with Crippen molar-refractivity contribution in [2.75, 3.05) is 25.1 Å². The largest absolute Gasteiger partial charge is 0.482 e. The van der Waals surface area contributed by atoms with Crippen LogP contribution in [-0.4, -0.2) is 48.2 Å². The smallest absolute Gasteiger partial charge is 0.311 e. The maximum Gasteiger partial charge on any atom is 0.311 e. The van der Waals surface area contributed by atoms with Gasteiger partial charge < -0.3 is 24.1 Å². The van der Waals surface area contributed by atoms with E-state index in [0.717, 1.165) is 0 Å². The van der Waals surface area contributed by atoms with Crippen molar-refractivity contribution >= 4 is 29.3 Å². The van der Waals surface area contributed by atoms with Crippen LogP contribution in [0.5, 0.6) is 5.75 Å². The molecule has 1 unspecified atom stereocenters. The van der Waals surface area contributed by atoms with Crippen molar-refractivity contribution in [3.8, 4) is 5.75 Å². The maximum absolute atomic E-state index is 12.4. The number of hydrogen-bond donors (Lipinski definition) is 1. The number of ether oxygens (including phenoxy) is 2. The van der Waals surface area contributed by atoms with Crippen LogP contribution in [0, 0.1) is 5.92 Å². The van der Waals surface area contributed by atoms with Crippen LogP contribution in [0.15, 0.2) is 41.0 Å². The predicted octanol–water partition coefficient (Wildman–Crippen LogP) is 1.39. The average molecular weight is 398 g/mol. The molecule has 2 aromatic rings. The quantitative estimate of drug-likeness (QED) is 0.577. The van der Waals surface area contributed by atoms with Crippen LogP contribution >= 0.6 is 0 Å². The SMILES string of the molecule is O=C1COc2ccc(C(=O)COC(=O)C3CC(=O)N(Cc4ccco4)C3)cc2N1. The van der Waals surface area contributed by atoms with Crippen LogP contribution in [0.3, 0.4) is 0 Å². The Balaban J connectivity index is 1.31. The van der Waals surface area contributed by atoms with Gasteiger partial charge in [0.25, 0.3) is 5.91 Å². The average Bonchev–Trinajstić information content (AvgIpc) is 3.35. The Labute approximate surface area is 165 Å². The Bertz CT molecular complexity index is 967. The molecule has 3 heterocycles. The number of fused-ring (bicyclic) bond motifs is 1. The van der Waals surface area contributed by atoms with Crippen molar-refractivity contribution in [3.05, 3.63) is 47.9 Å². The van der Waals surface area contributed by atoms with Gasteiger partial charge in [-0.3, -0.25) is 19.2 Å². The molecule has 1 N–H and O–H groups in total. The third-order valence-electron chi connectivity index (χ3n) is 4.75. The summed E-state index contributed by atoms with van der Waals surface area (Å²) in [5.41, 5.74) is 0.678. The molecule has 2 amide bonds. The molecule has 0 spiro atoms. The van der Waals surface area contributed by atoms with Gasteiger partial charge in [0.05, 0.1) is 24.4 Å². The zero-order valence-electron chi connectivity index (χ0n) is 15.4. The molecule has 0 bridgehead atoms. The van der Waals surface area contributed by atoms with E-state index in [0.29, 0.717) is 17.2 Å². The van der Waals surface area contributed by atoms with Gasteiger partial charge in [-0.25, -0.2) is 0 Å². The van der Waals surface area contributed by atoms with Gasteiger partial charge in [-0.1, -0.05) is 0 Å². The maximum atomic E-state index is 12.4. The first-order chi connectivity index (χ1) is 14.0. The number of nitrogens with one attached hydrogen (secondary N) is 1. The zero-order valence-corrected chi connectivity index (χ0v) is 15.4. The number of nitrogens with zero attached hydrogens (tertiary/aromatic N) is 1. The lowest BCUT2D eigenvalue weighted by molar-refractivity contribution is -0.147. The first-order valence-electron chi connectivity index (χ1n) is 9.06. The molecule has 2 aliphatic heterocycles. The molecule has 9 heteroatoms. The van der Waals surface area contributed by atoms with Crippen molar-refractivity contribution in [1.29, 1.82) is 0 Å². The minimum absolute atomic E-state index is 0.0376. The lowest BCUT2D eigenvalue weighted by Crippen LogP contribution is -2.27. The summed E-state index contributed by atoms with van der Waals surface area (Å²) in [5.74, 6) is -1.01. The highest BCUT2D eigenvalue weighted by Gasteiger charge is 2.36. The highest BCUT2D eigenvalue weighted by atomic mass is 16.5. The monoisotopic (exact) mass is 398 g/mol. The van der Waals surface area contributed by atoms with Crippen molar-refractivity contribution in [1.82, 2.24) is 4.90 Å². The molecule has 2 aliphatic rings. The fraction of sp³-hybridized carbons (Fsp3) is 0.300. The zero-order chi connectivity index (χ0) is 20.4. The number of furan rings is 1. The Morgan fingerprint density at radius 2 is 2.10 bits per heavy atom. The van der Waals surface area contributed by atoms with E-state index in [2.05, 4.69) is 5.32 Å². The molecule has 1 aromatic heterocycles. The Morgan fingerprint density at radius 3 is 2.90 bits per heavy atom. The molecule has 1 aromatic carbocycles. The van der Waals surface area contributed by atoms with Crippen molar-refractivity contribution in [3.63, 3.8) is 0 Å². The molecular weight excluding hydrogens is 380 g/mol. The normalized spacial score (nSPS) is 18.1. The molecule has 4 rings (SSSR count). The van der Waals surface area contributed by atoms with Crippen LogP contribution in [0.4, 0.5) is 5.69 Å². The van der Waals surface area contributed by atoms with E-state index in [-0.39, 0.29) is 43.5 Å². The summed E-state index contributed by atoms with van der Waals surface area (Å²) >= 11 is 0. The minimum Gasteiger partial charge on any atom is -0.482 e. The molecule has 9 nitrogen and oxygen atoms in total. The van der Waals surface area contributed by atoms with Crippen LogP contribution in [0.25, 0.3) is 0 Å². The van der Waals surface area contributed by atoms with E-state index in [1.54, 1.807) is 18.2 Å². The topological polar surface area (TPSA) is 115 Å². The predicted molar refractivity (Wildman–Crippen MR) is 98.1 cm³/mol. The van der Waals surface area contributed by atoms with E-state index >= 15 is 0 Å². The third-order valence-corrected chi connectivity index (χ3v) is 4.75. The van der Waals surface area contributed by atoms with Gasteiger partial charge in [-0.15, -0.1) is 0 Å². The summed E-state index contributed by atoms with van der Waals surface area (Å²) in [6.07, 6.45) is 1.56. The van der Waals surface area contributed by atoms with Gasteiger partial charge >= 0.3 is 5.97 Å². The molecule has 0 aliphatic carbocycles. The highest BCUT2D eigenvalue weighted by Crippen LogP contribution is 2.28.